The lowest BCUT2D eigenvalue weighted by atomic mass is 10.2. The first-order valence-corrected chi connectivity index (χ1v) is 8.70. The van der Waals surface area contributed by atoms with Crippen LogP contribution in [0.3, 0.4) is 0 Å². The number of carbonyl (C=O) groups excluding carboxylic acids is 1. The second-order valence-corrected chi connectivity index (χ2v) is 6.88. The molecule has 0 saturated carbocycles. The number of likely N-dealkylation sites (N-methyl/N-ethyl adjacent to an activating group) is 1. The van der Waals surface area contributed by atoms with Crippen LogP contribution in [0.4, 0.5) is 0 Å². The Morgan fingerprint density at radius 2 is 2.00 bits per heavy atom. The summed E-state index contributed by atoms with van der Waals surface area (Å²) in [6.45, 7) is 0.544. The molecule has 6 nitrogen and oxygen atoms in total. The van der Waals surface area contributed by atoms with Crippen LogP contribution < -0.4 is 0 Å². The van der Waals surface area contributed by atoms with E-state index in [2.05, 4.69) is 31.3 Å². The molecule has 3 aromatic rings. The molecule has 8 heteroatoms. The zero-order valence-corrected chi connectivity index (χ0v) is 15.8. The zero-order chi connectivity index (χ0) is 17.8. The van der Waals surface area contributed by atoms with E-state index >= 15 is 0 Å². The molecule has 25 heavy (non-hydrogen) atoms. The minimum absolute atomic E-state index is 0.0284. The van der Waals surface area contributed by atoms with Crippen molar-refractivity contribution in [2.75, 3.05) is 7.05 Å². The van der Waals surface area contributed by atoms with E-state index in [1.807, 2.05) is 36.4 Å². The Labute approximate surface area is 158 Å². The van der Waals surface area contributed by atoms with E-state index in [9.17, 15) is 4.79 Å². The van der Waals surface area contributed by atoms with Gasteiger partial charge in [-0.05, 0) is 35.0 Å². The SMILES string of the molecule is CN(Cc1ccc(Br)cc1)C(=O)Cn1nnc(-c2cccc(Cl)c2)n1. The monoisotopic (exact) mass is 419 g/mol. The molecule has 1 heterocycles. The molecule has 0 saturated heterocycles. The van der Waals surface area contributed by atoms with Crippen LogP contribution in [-0.2, 0) is 17.9 Å². The maximum atomic E-state index is 12.4. The van der Waals surface area contributed by atoms with Gasteiger partial charge in [0.1, 0.15) is 6.54 Å². The summed E-state index contributed by atoms with van der Waals surface area (Å²) >= 11 is 9.36. The lowest BCUT2D eigenvalue weighted by Crippen LogP contribution is -2.30. The Morgan fingerprint density at radius 1 is 1.24 bits per heavy atom. The average molecular weight is 421 g/mol. The zero-order valence-electron chi connectivity index (χ0n) is 13.4. The summed E-state index contributed by atoms with van der Waals surface area (Å²) in [5, 5.41) is 12.8. The average Bonchev–Trinajstić information content (AvgIpc) is 3.05. The van der Waals surface area contributed by atoms with Crippen molar-refractivity contribution in [3.8, 4) is 11.4 Å². The fourth-order valence-electron chi connectivity index (χ4n) is 2.25. The second-order valence-electron chi connectivity index (χ2n) is 5.53. The maximum absolute atomic E-state index is 12.4. The second kappa shape index (κ2) is 7.76. The first-order valence-electron chi connectivity index (χ1n) is 7.53. The fraction of sp³-hybridized carbons (Fsp3) is 0.176. The number of nitrogens with zero attached hydrogens (tertiary/aromatic N) is 5. The van der Waals surface area contributed by atoms with Crippen molar-refractivity contribution < 1.29 is 4.79 Å². The minimum atomic E-state index is -0.0991. The van der Waals surface area contributed by atoms with E-state index in [0.29, 0.717) is 17.4 Å². The van der Waals surface area contributed by atoms with Crippen LogP contribution in [0.5, 0.6) is 0 Å². The molecule has 0 atom stereocenters. The summed E-state index contributed by atoms with van der Waals surface area (Å²) in [4.78, 5) is 15.3. The van der Waals surface area contributed by atoms with Crippen LogP contribution >= 0.6 is 27.5 Å². The van der Waals surface area contributed by atoms with Crippen LogP contribution in [0.1, 0.15) is 5.56 Å². The van der Waals surface area contributed by atoms with Gasteiger partial charge in [0.15, 0.2) is 0 Å². The summed E-state index contributed by atoms with van der Waals surface area (Å²) in [6.07, 6.45) is 0. The lowest BCUT2D eigenvalue weighted by molar-refractivity contribution is -0.131. The summed E-state index contributed by atoms with van der Waals surface area (Å²) in [7, 11) is 1.75. The normalized spacial score (nSPS) is 10.7. The molecule has 0 N–H and O–H groups in total. The molecule has 3 rings (SSSR count). The molecule has 1 amide bonds. The Bertz CT molecular complexity index is 881. The molecule has 0 aliphatic heterocycles. The number of halogens is 2. The number of tetrazole rings is 1. The summed E-state index contributed by atoms with van der Waals surface area (Å²) in [5.41, 5.74) is 1.81. The van der Waals surface area contributed by atoms with Gasteiger partial charge < -0.3 is 4.90 Å². The predicted molar refractivity (Wildman–Crippen MR) is 98.9 cm³/mol. The molecule has 1 aromatic heterocycles. The van der Waals surface area contributed by atoms with Gasteiger partial charge in [0.2, 0.25) is 11.7 Å². The van der Waals surface area contributed by atoms with Gasteiger partial charge in [0, 0.05) is 28.7 Å². The smallest absolute Gasteiger partial charge is 0.246 e. The molecule has 0 aliphatic rings. The number of hydrogen-bond acceptors (Lipinski definition) is 4. The largest absolute Gasteiger partial charge is 0.340 e. The number of benzene rings is 2. The molecule has 128 valence electrons. The predicted octanol–water partition coefficient (Wildman–Crippen LogP) is 3.41. The summed E-state index contributed by atoms with van der Waals surface area (Å²) in [6, 6.07) is 15.0. The highest BCUT2D eigenvalue weighted by Crippen LogP contribution is 2.18. The Hall–Kier alpha value is -2.25. The molecule has 0 radical (unpaired) electrons. The fourth-order valence-corrected chi connectivity index (χ4v) is 2.70. The van der Waals surface area contributed by atoms with E-state index in [4.69, 9.17) is 11.6 Å². The van der Waals surface area contributed by atoms with Crippen LogP contribution in [0.2, 0.25) is 5.02 Å². The van der Waals surface area contributed by atoms with E-state index in [-0.39, 0.29) is 12.5 Å². The van der Waals surface area contributed by atoms with Gasteiger partial charge in [-0.3, -0.25) is 4.79 Å². The quantitative estimate of drug-likeness (QED) is 0.634. The number of amides is 1. The molecule has 0 fully saturated rings. The number of aromatic nitrogens is 4. The van der Waals surface area contributed by atoms with E-state index in [1.54, 1.807) is 24.1 Å². The third kappa shape index (κ3) is 4.64. The van der Waals surface area contributed by atoms with Crippen molar-refractivity contribution in [1.82, 2.24) is 25.1 Å². The highest BCUT2D eigenvalue weighted by molar-refractivity contribution is 9.10. The topological polar surface area (TPSA) is 63.9 Å². The van der Waals surface area contributed by atoms with Crippen LogP contribution in [0.25, 0.3) is 11.4 Å². The molecule has 0 aliphatic carbocycles. The van der Waals surface area contributed by atoms with Gasteiger partial charge in [-0.25, -0.2) is 0 Å². The standard InChI is InChI=1S/C17H15BrClN5O/c1-23(10-12-5-7-14(18)8-6-12)16(25)11-24-21-17(20-22-24)13-3-2-4-15(19)9-13/h2-9H,10-11H2,1H3. The first-order chi connectivity index (χ1) is 12.0. The molecule has 0 bridgehead atoms. The van der Waals surface area contributed by atoms with Crippen molar-refractivity contribution in [1.29, 1.82) is 0 Å². The van der Waals surface area contributed by atoms with Crippen LogP contribution in [0.15, 0.2) is 53.0 Å². The minimum Gasteiger partial charge on any atom is -0.340 e. The summed E-state index contributed by atoms with van der Waals surface area (Å²) in [5.74, 6) is 0.337. The van der Waals surface area contributed by atoms with Crippen molar-refractivity contribution in [2.45, 2.75) is 13.1 Å². The highest BCUT2D eigenvalue weighted by Gasteiger charge is 2.13. The Kier molecular flexibility index (Phi) is 5.45. The first kappa shape index (κ1) is 17.6. The van der Waals surface area contributed by atoms with E-state index < -0.39 is 0 Å². The Balaban J connectivity index is 1.64. The molecule has 0 unspecified atom stereocenters. The maximum Gasteiger partial charge on any atom is 0.246 e. The van der Waals surface area contributed by atoms with Crippen LogP contribution in [0, 0.1) is 0 Å². The number of rotatable bonds is 5. The van der Waals surface area contributed by atoms with Gasteiger partial charge in [-0.1, -0.05) is 51.8 Å². The molecular formula is C17H15BrClN5O. The highest BCUT2D eigenvalue weighted by atomic mass is 79.9. The van der Waals surface area contributed by atoms with Gasteiger partial charge >= 0.3 is 0 Å². The van der Waals surface area contributed by atoms with Gasteiger partial charge in [0.25, 0.3) is 0 Å². The van der Waals surface area contributed by atoms with Crippen molar-refractivity contribution in [2.24, 2.45) is 0 Å². The lowest BCUT2D eigenvalue weighted by Gasteiger charge is -2.16. The van der Waals surface area contributed by atoms with Crippen LogP contribution in [-0.4, -0.2) is 38.1 Å². The molecule has 2 aromatic carbocycles. The van der Waals surface area contributed by atoms with Gasteiger partial charge in [-0.15, -0.1) is 10.2 Å². The Morgan fingerprint density at radius 3 is 2.72 bits per heavy atom. The van der Waals surface area contributed by atoms with Gasteiger partial charge in [0.05, 0.1) is 0 Å². The van der Waals surface area contributed by atoms with E-state index in [0.717, 1.165) is 15.6 Å². The van der Waals surface area contributed by atoms with Crippen molar-refractivity contribution >= 4 is 33.4 Å². The summed E-state index contributed by atoms with van der Waals surface area (Å²) < 4.78 is 1.01. The van der Waals surface area contributed by atoms with E-state index in [1.165, 1.54) is 4.80 Å². The van der Waals surface area contributed by atoms with Gasteiger partial charge in [-0.2, -0.15) is 4.80 Å². The third-order valence-corrected chi connectivity index (χ3v) is 4.33. The molecule has 0 spiro atoms. The number of carbonyl (C=O) groups is 1. The third-order valence-electron chi connectivity index (χ3n) is 3.57. The molecular weight excluding hydrogens is 406 g/mol. The number of hydrogen-bond donors (Lipinski definition) is 0. The van der Waals surface area contributed by atoms with Crippen molar-refractivity contribution in [3.63, 3.8) is 0 Å². The van der Waals surface area contributed by atoms with Crippen molar-refractivity contribution in [3.05, 3.63) is 63.6 Å².